The van der Waals surface area contributed by atoms with Crippen LogP contribution in [0.3, 0.4) is 0 Å². The smallest absolute Gasteiger partial charge is 0.490 e. The molecule has 0 fully saturated rings. The number of nitrogens with zero attached hydrogens (tertiary/aromatic N) is 2. The second-order valence-corrected chi connectivity index (χ2v) is 10.5. The molecule has 3 aromatic carbocycles. The molecule has 6 rings (SSSR count). The van der Waals surface area contributed by atoms with Crippen molar-refractivity contribution in [1.29, 1.82) is 0 Å². The highest BCUT2D eigenvalue weighted by atomic mass is 19.4. The maximum atomic E-state index is 13.3. The average molecular weight is 643 g/mol. The van der Waals surface area contributed by atoms with Gasteiger partial charge in [-0.1, -0.05) is 12.1 Å². The molecule has 2 aromatic heterocycles. The van der Waals surface area contributed by atoms with Crippen LogP contribution in [0.4, 0.5) is 13.2 Å². The van der Waals surface area contributed by atoms with Crippen molar-refractivity contribution in [2.45, 2.75) is 25.2 Å². The van der Waals surface area contributed by atoms with Gasteiger partial charge in [-0.05, 0) is 31.2 Å². The Hall–Kier alpha value is -5.15. The molecule has 2 amide bonds. The summed E-state index contributed by atoms with van der Waals surface area (Å²) in [6.45, 7) is 0.606. The third kappa shape index (κ3) is 5.47. The number of esters is 1. The largest absolute Gasteiger partial charge is 0.497 e. The van der Waals surface area contributed by atoms with Gasteiger partial charge in [0.25, 0.3) is 11.8 Å². The van der Waals surface area contributed by atoms with Crippen molar-refractivity contribution in [2.24, 2.45) is 7.05 Å². The molecule has 5 aromatic rings. The predicted octanol–water partition coefficient (Wildman–Crippen LogP) is 3.48. The number of nitrogens with one attached hydrogen (secondary N) is 2. The Morgan fingerprint density at radius 1 is 1.00 bits per heavy atom. The first-order valence-electron chi connectivity index (χ1n) is 14.0. The first kappa shape index (κ1) is 32.2. The quantitative estimate of drug-likeness (QED) is 0.113. The van der Waals surface area contributed by atoms with E-state index < -0.39 is 36.0 Å². The van der Waals surface area contributed by atoms with E-state index in [-0.39, 0.29) is 6.61 Å². The van der Waals surface area contributed by atoms with Crippen molar-refractivity contribution < 1.29 is 52.0 Å². The van der Waals surface area contributed by atoms with Crippen LogP contribution in [0.25, 0.3) is 43.5 Å². The maximum absolute atomic E-state index is 13.3. The van der Waals surface area contributed by atoms with Crippen molar-refractivity contribution >= 4 is 67.2 Å². The number of rotatable bonds is 8. The van der Waals surface area contributed by atoms with Crippen molar-refractivity contribution in [3.05, 3.63) is 53.7 Å². The topological polar surface area (TPSA) is 161 Å². The van der Waals surface area contributed by atoms with Crippen molar-refractivity contribution in [1.82, 2.24) is 19.8 Å². The van der Waals surface area contributed by atoms with Gasteiger partial charge < -0.3 is 34.1 Å². The maximum Gasteiger partial charge on any atom is 0.490 e. The number of aliphatic carboxylic acids is 1. The monoisotopic (exact) mass is 642 g/mol. The minimum atomic E-state index is -5.08. The highest BCUT2D eigenvalue weighted by Gasteiger charge is 2.38. The fourth-order valence-corrected chi connectivity index (χ4v) is 5.87. The van der Waals surface area contributed by atoms with E-state index in [1.165, 1.54) is 7.11 Å². The number of aromatic nitrogens is 2. The SMILES string of the molecule is COC(=O)[C@H](CO)NCCCn1c2cc(OC)ccc2c2c3c(c4c(ccc5ccn(C)c54)c21)C(=O)NC3=O.O=C(O)C(F)(F)F. The summed E-state index contributed by atoms with van der Waals surface area (Å²) in [5.41, 5.74) is 3.39. The van der Waals surface area contributed by atoms with E-state index in [9.17, 15) is 32.7 Å². The van der Waals surface area contributed by atoms with Crippen LogP contribution < -0.4 is 15.4 Å². The van der Waals surface area contributed by atoms with Crippen molar-refractivity contribution in [3.8, 4) is 5.75 Å². The number of aliphatic hydroxyl groups is 1. The summed E-state index contributed by atoms with van der Waals surface area (Å²) in [6, 6.07) is 10.9. The molecule has 1 atom stereocenters. The number of carbonyl (C=O) groups excluding carboxylic acids is 3. The van der Waals surface area contributed by atoms with E-state index in [1.807, 2.05) is 54.2 Å². The second kappa shape index (κ2) is 12.3. The van der Waals surface area contributed by atoms with Crippen LogP contribution in [-0.2, 0) is 27.9 Å². The number of alkyl halides is 3. The summed E-state index contributed by atoms with van der Waals surface area (Å²) < 4.78 is 46.1. The van der Waals surface area contributed by atoms with Crippen LogP contribution in [-0.4, -0.2) is 82.7 Å². The number of hydrogen-bond donors (Lipinski definition) is 4. The number of carboxylic acids is 1. The Balaban J connectivity index is 0.000000537. The van der Waals surface area contributed by atoms with Crippen LogP contribution in [0.1, 0.15) is 27.1 Å². The first-order valence-corrected chi connectivity index (χ1v) is 14.0. The normalized spacial score (nSPS) is 13.5. The fraction of sp³-hybridized carbons (Fsp3) is 0.290. The molecule has 1 aliphatic rings. The van der Waals surface area contributed by atoms with Crippen molar-refractivity contribution in [3.63, 3.8) is 0 Å². The number of aliphatic hydroxyl groups excluding tert-OH is 1. The summed E-state index contributed by atoms with van der Waals surface area (Å²) in [5, 5.41) is 26.4. The minimum absolute atomic E-state index is 0.369. The lowest BCUT2D eigenvalue weighted by atomic mass is 9.93. The third-order valence-electron chi connectivity index (χ3n) is 7.86. The zero-order valence-corrected chi connectivity index (χ0v) is 24.8. The number of carboxylic acid groups (broad SMARTS) is 1. The number of carbonyl (C=O) groups is 4. The number of halogens is 3. The van der Waals surface area contributed by atoms with E-state index in [1.54, 1.807) is 7.11 Å². The zero-order chi connectivity index (χ0) is 33.5. The molecule has 0 bridgehead atoms. The number of fused-ring (bicyclic) bond motifs is 10. The molecule has 0 aliphatic carbocycles. The van der Waals surface area contributed by atoms with E-state index in [2.05, 4.69) is 15.2 Å². The Morgan fingerprint density at radius 3 is 2.22 bits per heavy atom. The van der Waals surface area contributed by atoms with Gasteiger partial charge >= 0.3 is 18.1 Å². The molecule has 1 aliphatic heterocycles. The van der Waals surface area contributed by atoms with Crippen LogP contribution in [0.2, 0.25) is 0 Å². The van der Waals surface area contributed by atoms with Gasteiger partial charge in [0.2, 0.25) is 0 Å². The number of ether oxygens (including phenoxy) is 2. The van der Waals surface area contributed by atoms with Crippen LogP contribution >= 0.6 is 0 Å². The molecule has 0 unspecified atom stereocenters. The van der Waals surface area contributed by atoms with Crippen LogP contribution in [0.5, 0.6) is 5.75 Å². The van der Waals surface area contributed by atoms with E-state index in [0.717, 1.165) is 43.5 Å². The lowest BCUT2D eigenvalue weighted by Gasteiger charge is -2.15. The van der Waals surface area contributed by atoms with Gasteiger partial charge in [-0.15, -0.1) is 0 Å². The molecule has 12 nitrogen and oxygen atoms in total. The summed E-state index contributed by atoms with van der Waals surface area (Å²) in [4.78, 5) is 47.3. The molecule has 15 heteroatoms. The van der Waals surface area contributed by atoms with Gasteiger partial charge in [0.1, 0.15) is 11.8 Å². The summed E-state index contributed by atoms with van der Waals surface area (Å²) >= 11 is 0. The highest BCUT2D eigenvalue weighted by molar-refractivity contribution is 6.39. The van der Waals surface area contributed by atoms with E-state index in [4.69, 9.17) is 19.4 Å². The molecule has 0 saturated heterocycles. The standard InChI is InChI=1S/C29H28N4O6.C2HF3O2/c1-32-12-9-15-5-7-18-22(25(15)32)24-23(27(35)31-28(24)36)21-17-8-6-16(38-2)13-20(17)33(26(18)21)11-4-10-30-19(14-34)29(37)39-3;3-2(4,5)1(6)7/h5-9,12-13,19,30,34H,4,10-11,14H2,1-3H3,(H,31,35,36);(H,6,7)/t19-;/m0./s1. The molecule has 46 heavy (non-hydrogen) atoms. The van der Waals surface area contributed by atoms with Gasteiger partial charge in [0.15, 0.2) is 0 Å². The number of imide groups is 1. The number of benzene rings is 3. The lowest BCUT2D eigenvalue weighted by Crippen LogP contribution is -2.41. The molecule has 4 N–H and O–H groups in total. The summed E-state index contributed by atoms with van der Waals surface area (Å²) in [6.07, 6.45) is -2.53. The molecule has 242 valence electrons. The second-order valence-electron chi connectivity index (χ2n) is 10.5. The van der Waals surface area contributed by atoms with Crippen LogP contribution in [0, 0.1) is 0 Å². The molecular weight excluding hydrogens is 613 g/mol. The molecule has 3 heterocycles. The number of methoxy groups -OCH3 is 2. The average Bonchev–Trinajstić information content (AvgIpc) is 3.66. The van der Waals surface area contributed by atoms with Gasteiger partial charge in [0, 0.05) is 52.8 Å². The molecule has 0 radical (unpaired) electrons. The van der Waals surface area contributed by atoms with Crippen LogP contribution in [0.15, 0.2) is 42.6 Å². The summed E-state index contributed by atoms with van der Waals surface area (Å²) in [5.74, 6) is -3.42. The molecule has 0 saturated carbocycles. The third-order valence-corrected chi connectivity index (χ3v) is 7.86. The Kier molecular flexibility index (Phi) is 8.64. The Bertz CT molecular complexity index is 2050. The zero-order valence-electron chi connectivity index (χ0n) is 24.8. The van der Waals surface area contributed by atoms with Gasteiger partial charge in [-0.25, -0.2) is 4.79 Å². The number of amides is 2. The Morgan fingerprint density at radius 2 is 1.63 bits per heavy atom. The van der Waals surface area contributed by atoms with Crippen molar-refractivity contribution in [2.75, 3.05) is 27.4 Å². The fourth-order valence-electron chi connectivity index (χ4n) is 5.87. The van der Waals surface area contributed by atoms with E-state index in [0.29, 0.717) is 36.4 Å². The minimum Gasteiger partial charge on any atom is -0.497 e. The predicted molar refractivity (Wildman–Crippen MR) is 161 cm³/mol. The first-order chi connectivity index (χ1) is 21.8. The highest BCUT2D eigenvalue weighted by Crippen LogP contribution is 2.44. The van der Waals surface area contributed by atoms with Gasteiger partial charge in [-0.3, -0.25) is 19.7 Å². The number of hydrogen-bond acceptors (Lipinski definition) is 8. The van der Waals surface area contributed by atoms with Gasteiger partial charge in [-0.2, -0.15) is 13.2 Å². The van der Waals surface area contributed by atoms with Gasteiger partial charge in [0.05, 0.1) is 48.5 Å². The van der Waals surface area contributed by atoms with E-state index >= 15 is 0 Å². The molecular formula is C31H29F3N4O8. The Labute approximate surface area is 258 Å². The lowest BCUT2D eigenvalue weighted by molar-refractivity contribution is -0.192. The summed E-state index contributed by atoms with van der Waals surface area (Å²) in [7, 11) is 4.82. The number of aryl methyl sites for hydroxylation is 2. The molecule has 0 spiro atoms.